The van der Waals surface area contributed by atoms with Crippen LogP contribution in [0, 0.1) is 5.82 Å². The summed E-state index contributed by atoms with van der Waals surface area (Å²) >= 11 is 2.50. The van der Waals surface area contributed by atoms with Crippen molar-refractivity contribution in [1.29, 1.82) is 0 Å². The zero-order chi connectivity index (χ0) is 18.2. The topological polar surface area (TPSA) is 80.7 Å². The summed E-state index contributed by atoms with van der Waals surface area (Å²) < 4.78 is 109. The van der Waals surface area contributed by atoms with E-state index in [4.69, 9.17) is 4.55 Å². The molecule has 0 aromatic heterocycles. The third-order valence-electron chi connectivity index (χ3n) is 2.34. The number of halogens is 7. The van der Waals surface area contributed by atoms with Gasteiger partial charge in [-0.05, 0) is 28.1 Å². The second-order valence-electron chi connectivity index (χ2n) is 3.97. The molecule has 5 nitrogen and oxygen atoms in total. The average molecular weight is 431 g/mol. The molecule has 0 aliphatic carbocycles. The Hall–Kier alpha value is -1.34. The number of rotatable bonds is 4. The largest absolute Gasteiger partial charge is 0.441 e. The van der Waals surface area contributed by atoms with E-state index >= 15 is 0 Å². The molecule has 1 N–H and O–H groups in total. The Labute approximate surface area is 133 Å². The molecule has 1 atom stereocenters. The molecule has 0 aliphatic heterocycles. The van der Waals surface area contributed by atoms with Crippen LogP contribution in [0.15, 0.2) is 22.7 Å². The van der Waals surface area contributed by atoms with Crippen LogP contribution in [-0.4, -0.2) is 36.5 Å². The molecule has 1 unspecified atom stereocenters. The minimum atomic E-state index is -6.55. The molecule has 0 saturated heterocycles. The highest BCUT2D eigenvalue weighted by Gasteiger charge is 2.66. The molecule has 0 spiro atoms. The van der Waals surface area contributed by atoms with Gasteiger partial charge in [0, 0.05) is 0 Å². The predicted octanol–water partition coefficient (Wildman–Crippen LogP) is 3.16. The number of benzene rings is 1. The molecule has 0 aliphatic rings. The van der Waals surface area contributed by atoms with Crippen molar-refractivity contribution >= 4 is 32.0 Å². The monoisotopic (exact) mass is 430 g/mol. The summed E-state index contributed by atoms with van der Waals surface area (Å²) in [5.41, 5.74) is -0.898. The number of carbonyl (C=O) groups is 1. The van der Waals surface area contributed by atoms with Crippen molar-refractivity contribution in [3.8, 4) is 0 Å². The molecule has 0 fully saturated rings. The highest BCUT2D eigenvalue weighted by Crippen LogP contribution is 2.38. The number of hydrogen-bond donors (Lipinski definition) is 1. The van der Waals surface area contributed by atoms with E-state index in [0.717, 1.165) is 18.2 Å². The zero-order valence-electron chi connectivity index (χ0n) is 10.4. The highest BCUT2D eigenvalue weighted by atomic mass is 79.9. The van der Waals surface area contributed by atoms with Gasteiger partial charge in [-0.1, -0.05) is 6.07 Å². The molecule has 1 aromatic carbocycles. The fraction of sp³-hybridized carbons (Fsp3) is 0.300. The Kier molecular flexibility index (Phi) is 5.38. The Morgan fingerprint density at radius 3 is 2.17 bits per heavy atom. The number of esters is 1. The van der Waals surface area contributed by atoms with Crippen LogP contribution in [0.5, 0.6) is 0 Å². The van der Waals surface area contributed by atoms with Crippen molar-refractivity contribution in [3.63, 3.8) is 0 Å². The fourth-order valence-electron chi connectivity index (χ4n) is 1.29. The quantitative estimate of drug-likeness (QED) is 0.450. The average Bonchev–Trinajstić information content (AvgIpc) is 2.36. The van der Waals surface area contributed by atoms with Gasteiger partial charge < -0.3 is 4.74 Å². The molecule has 130 valence electrons. The van der Waals surface area contributed by atoms with Crippen molar-refractivity contribution in [1.82, 2.24) is 0 Å². The lowest BCUT2D eigenvalue weighted by Crippen LogP contribution is -2.52. The minimum Gasteiger partial charge on any atom is -0.441 e. The molecule has 1 aromatic rings. The Morgan fingerprint density at radius 1 is 1.22 bits per heavy atom. The lowest BCUT2D eigenvalue weighted by atomic mass is 10.2. The molecule has 1 rings (SSSR count). The van der Waals surface area contributed by atoms with Crippen molar-refractivity contribution in [2.45, 2.75) is 17.5 Å². The molecular weight excluding hydrogens is 426 g/mol. The van der Waals surface area contributed by atoms with Gasteiger partial charge in [-0.3, -0.25) is 4.55 Å². The van der Waals surface area contributed by atoms with E-state index in [0.29, 0.717) is 0 Å². The predicted molar refractivity (Wildman–Crippen MR) is 65.9 cm³/mol. The number of alkyl halides is 5. The Balaban J connectivity index is 3.28. The van der Waals surface area contributed by atoms with E-state index in [-0.39, 0.29) is 0 Å². The van der Waals surface area contributed by atoms with Crippen LogP contribution in [0.3, 0.4) is 0 Å². The third-order valence-corrected chi connectivity index (χ3v) is 4.05. The van der Waals surface area contributed by atoms with Crippen LogP contribution in [0.25, 0.3) is 0 Å². The molecule has 13 heteroatoms. The van der Waals surface area contributed by atoms with Crippen molar-refractivity contribution < 1.29 is 48.8 Å². The van der Waals surface area contributed by atoms with Gasteiger partial charge in [-0.15, -0.1) is 0 Å². The smallest absolute Gasteiger partial charge is 0.432 e. The maximum Gasteiger partial charge on any atom is 0.432 e. The summed E-state index contributed by atoms with van der Waals surface area (Å²) in [6, 6.07) is 2.42. The molecule has 0 bridgehead atoms. The van der Waals surface area contributed by atoms with Gasteiger partial charge in [0.05, 0.1) is 10.0 Å². The van der Waals surface area contributed by atoms with Gasteiger partial charge in [-0.25, -0.2) is 9.18 Å². The number of ether oxygens (including phenoxy) is 1. The molecule has 0 amide bonds. The van der Waals surface area contributed by atoms with E-state index in [1.165, 1.54) is 0 Å². The number of carbonyl (C=O) groups excluding carboxylic acids is 1. The van der Waals surface area contributed by atoms with Gasteiger partial charge in [0.1, 0.15) is 5.82 Å². The second kappa shape index (κ2) is 6.28. The van der Waals surface area contributed by atoms with Crippen molar-refractivity contribution in [2.75, 3.05) is 0 Å². The second-order valence-corrected chi connectivity index (χ2v) is 6.25. The van der Waals surface area contributed by atoms with Crippen LogP contribution >= 0.6 is 15.9 Å². The van der Waals surface area contributed by atoms with E-state index in [1.807, 2.05) is 0 Å². The van der Waals surface area contributed by atoms with Crippen LogP contribution < -0.4 is 0 Å². The van der Waals surface area contributed by atoms with Crippen molar-refractivity contribution in [2.24, 2.45) is 0 Å². The summed E-state index contributed by atoms with van der Waals surface area (Å²) in [4.78, 5) is 11.5. The van der Waals surface area contributed by atoms with Crippen LogP contribution in [0.1, 0.15) is 10.4 Å². The first-order chi connectivity index (χ1) is 10.2. The van der Waals surface area contributed by atoms with Gasteiger partial charge in [-0.2, -0.15) is 30.4 Å². The summed E-state index contributed by atoms with van der Waals surface area (Å²) in [6.45, 7) is 0. The van der Waals surface area contributed by atoms with Crippen molar-refractivity contribution in [3.05, 3.63) is 34.1 Å². The van der Waals surface area contributed by atoms with Gasteiger partial charge in [0.25, 0.3) is 6.10 Å². The molecular formula is C10H5BrF6O5S. The summed E-state index contributed by atoms with van der Waals surface area (Å²) in [7, 11) is -6.55. The van der Waals surface area contributed by atoms with E-state index in [9.17, 15) is 39.6 Å². The standard InChI is InChI=1S/C10H5BrF6O5S/c11-6-4(2-1-3-5(6)12)7(18)22-8(9(13,14)15)10(16,17)23(19,20)21/h1-3,8H,(H,19,20,21). The van der Waals surface area contributed by atoms with E-state index < -0.39 is 49.5 Å². The SMILES string of the molecule is O=C(OC(C(F)(F)F)C(F)(F)S(=O)(=O)O)c1cccc(F)c1Br. The highest BCUT2D eigenvalue weighted by molar-refractivity contribution is 9.10. The molecule has 0 saturated carbocycles. The first kappa shape index (κ1) is 19.7. The van der Waals surface area contributed by atoms with Crippen LogP contribution in [0.4, 0.5) is 26.3 Å². The normalized spacial score (nSPS) is 14.4. The minimum absolute atomic E-state index is 0.680. The van der Waals surface area contributed by atoms with Gasteiger partial charge >= 0.3 is 27.5 Å². The Bertz CT molecular complexity index is 717. The zero-order valence-corrected chi connectivity index (χ0v) is 12.8. The summed E-state index contributed by atoms with van der Waals surface area (Å²) in [5.74, 6) is -3.19. The maximum atomic E-state index is 13.2. The Morgan fingerprint density at radius 2 is 1.74 bits per heavy atom. The molecule has 0 radical (unpaired) electrons. The maximum absolute atomic E-state index is 13.2. The third kappa shape index (κ3) is 4.14. The van der Waals surface area contributed by atoms with Crippen LogP contribution in [-0.2, 0) is 14.9 Å². The van der Waals surface area contributed by atoms with E-state index in [1.54, 1.807) is 0 Å². The fourth-order valence-corrected chi connectivity index (χ4v) is 2.17. The molecule has 23 heavy (non-hydrogen) atoms. The summed E-state index contributed by atoms with van der Waals surface area (Å²) in [5, 5.41) is -5.86. The van der Waals surface area contributed by atoms with Gasteiger partial charge in [0.2, 0.25) is 0 Å². The first-order valence-corrected chi connectivity index (χ1v) is 7.49. The summed E-state index contributed by atoms with van der Waals surface area (Å²) in [6.07, 6.45) is -10.5. The van der Waals surface area contributed by atoms with Crippen LogP contribution in [0.2, 0.25) is 0 Å². The molecule has 0 heterocycles. The van der Waals surface area contributed by atoms with E-state index in [2.05, 4.69) is 20.7 Å². The lowest BCUT2D eigenvalue weighted by Gasteiger charge is -2.26. The first-order valence-electron chi connectivity index (χ1n) is 5.26. The van der Waals surface area contributed by atoms with Gasteiger partial charge in [0.15, 0.2) is 0 Å². The lowest BCUT2D eigenvalue weighted by molar-refractivity contribution is -0.248. The number of hydrogen-bond acceptors (Lipinski definition) is 4.